The summed E-state index contributed by atoms with van der Waals surface area (Å²) in [6.45, 7) is 3.82. The first kappa shape index (κ1) is 14.5. The van der Waals surface area contributed by atoms with Gasteiger partial charge in [-0.1, -0.05) is 6.07 Å². The number of furan rings is 1. The number of aryl methyl sites for hydroxylation is 1. The maximum atomic E-state index is 11.5. The lowest BCUT2D eigenvalue weighted by Crippen LogP contribution is -2.00. The van der Waals surface area contributed by atoms with Crippen LogP contribution in [0, 0.1) is 13.8 Å². The van der Waals surface area contributed by atoms with Gasteiger partial charge >= 0.3 is 5.97 Å². The molecule has 0 spiro atoms. The molecule has 2 rings (SSSR count). The third-order valence-electron chi connectivity index (χ3n) is 3.04. The molecule has 5 heteroatoms. The molecule has 1 aromatic heterocycles. The lowest BCUT2D eigenvalue weighted by molar-refractivity contribution is 0.0562. The third-order valence-corrected chi connectivity index (χ3v) is 4.22. The van der Waals surface area contributed by atoms with Gasteiger partial charge in [0.15, 0.2) is 0 Å². The van der Waals surface area contributed by atoms with E-state index in [1.807, 2.05) is 38.1 Å². The van der Waals surface area contributed by atoms with Gasteiger partial charge in [0.05, 0.1) is 12.9 Å². The van der Waals surface area contributed by atoms with Crippen LogP contribution in [-0.4, -0.2) is 13.1 Å². The van der Waals surface area contributed by atoms with Crippen molar-refractivity contribution in [2.45, 2.75) is 24.5 Å². The molecule has 0 aliphatic rings. The van der Waals surface area contributed by atoms with E-state index in [1.54, 1.807) is 11.8 Å². The molecule has 4 nitrogen and oxygen atoms in total. The van der Waals surface area contributed by atoms with Crippen LogP contribution in [0.2, 0.25) is 0 Å². The Balaban J connectivity index is 2.12. The van der Waals surface area contributed by atoms with Crippen LogP contribution < -0.4 is 5.73 Å². The number of nitrogens with two attached hydrogens (primary N) is 1. The van der Waals surface area contributed by atoms with Gasteiger partial charge in [-0.25, -0.2) is 4.79 Å². The largest absolute Gasteiger partial charge is 0.463 e. The summed E-state index contributed by atoms with van der Waals surface area (Å²) in [5.41, 5.74) is 8.51. The highest BCUT2D eigenvalue weighted by Gasteiger charge is 2.16. The van der Waals surface area contributed by atoms with Gasteiger partial charge < -0.3 is 14.9 Å². The Labute approximate surface area is 122 Å². The Morgan fingerprint density at radius 2 is 2.15 bits per heavy atom. The van der Waals surface area contributed by atoms with Gasteiger partial charge in [-0.15, -0.1) is 11.8 Å². The Bertz CT molecular complexity index is 634. The highest BCUT2D eigenvalue weighted by Crippen LogP contribution is 2.30. The van der Waals surface area contributed by atoms with Crippen LogP contribution >= 0.6 is 11.8 Å². The molecule has 1 aromatic carbocycles. The minimum atomic E-state index is -0.445. The average Bonchev–Trinajstić information content (AvgIpc) is 2.81. The third kappa shape index (κ3) is 2.99. The van der Waals surface area contributed by atoms with Crippen LogP contribution in [0.15, 0.2) is 33.6 Å². The number of carbonyl (C=O) groups is 1. The topological polar surface area (TPSA) is 65.5 Å². The molecule has 0 saturated carbocycles. The number of benzene rings is 1. The maximum Gasteiger partial charge on any atom is 0.374 e. The monoisotopic (exact) mass is 291 g/mol. The molecule has 0 atom stereocenters. The van der Waals surface area contributed by atoms with E-state index in [2.05, 4.69) is 4.74 Å². The molecule has 20 heavy (non-hydrogen) atoms. The van der Waals surface area contributed by atoms with Crippen molar-refractivity contribution in [1.82, 2.24) is 0 Å². The Kier molecular flexibility index (Phi) is 4.39. The minimum Gasteiger partial charge on any atom is -0.463 e. The van der Waals surface area contributed by atoms with Crippen LogP contribution in [0.4, 0.5) is 5.69 Å². The highest BCUT2D eigenvalue weighted by atomic mass is 32.2. The minimum absolute atomic E-state index is 0.271. The summed E-state index contributed by atoms with van der Waals surface area (Å²) in [5.74, 6) is 1.21. The van der Waals surface area contributed by atoms with Crippen LogP contribution in [0.25, 0.3) is 0 Å². The van der Waals surface area contributed by atoms with Crippen molar-refractivity contribution in [3.05, 3.63) is 46.9 Å². The van der Waals surface area contributed by atoms with Gasteiger partial charge in [-0.2, -0.15) is 0 Å². The molecule has 0 saturated heterocycles. The summed E-state index contributed by atoms with van der Waals surface area (Å²) in [6, 6.07) is 7.69. The van der Waals surface area contributed by atoms with E-state index in [0.717, 1.165) is 27.5 Å². The zero-order valence-corrected chi connectivity index (χ0v) is 12.5. The first-order chi connectivity index (χ1) is 9.52. The number of rotatable bonds is 4. The molecule has 2 N–H and O–H groups in total. The molecule has 1 heterocycles. The smallest absolute Gasteiger partial charge is 0.374 e. The Hall–Kier alpha value is -1.88. The molecular weight excluding hydrogens is 274 g/mol. The van der Waals surface area contributed by atoms with E-state index in [0.29, 0.717) is 5.75 Å². The molecule has 0 bridgehead atoms. The summed E-state index contributed by atoms with van der Waals surface area (Å²) in [4.78, 5) is 12.6. The van der Waals surface area contributed by atoms with Gasteiger partial charge in [0.1, 0.15) is 5.76 Å². The van der Waals surface area contributed by atoms with Gasteiger partial charge in [-0.3, -0.25) is 0 Å². The molecule has 106 valence electrons. The number of esters is 1. The Morgan fingerprint density at radius 1 is 1.40 bits per heavy atom. The molecule has 0 radical (unpaired) electrons. The quantitative estimate of drug-likeness (QED) is 0.530. The number of methoxy groups -OCH3 is 1. The molecule has 0 aliphatic carbocycles. The number of carbonyl (C=O) groups excluding carboxylic acids is 1. The van der Waals surface area contributed by atoms with Crippen molar-refractivity contribution in [2.75, 3.05) is 12.8 Å². The molecule has 0 aliphatic heterocycles. The number of ether oxygens (including phenoxy) is 1. The van der Waals surface area contributed by atoms with E-state index >= 15 is 0 Å². The van der Waals surface area contributed by atoms with Crippen molar-refractivity contribution in [2.24, 2.45) is 0 Å². The fourth-order valence-electron chi connectivity index (χ4n) is 1.85. The van der Waals surface area contributed by atoms with Crippen LogP contribution in [0.1, 0.15) is 27.4 Å². The van der Waals surface area contributed by atoms with Crippen LogP contribution in [0.3, 0.4) is 0 Å². The molecule has 0 unspecified atom stereocenters. The number of anilines is 1. The summed E-state index contributed by atoms with van der Waals surface area (Å²) in [5, 5.41) is 0. The van der Waals surface area contributed by atoms with Gasteiger partial charge in [0, 0.05) is 16.1 Å². The molecule has 0 fully saturated rings. The summed E-state index contributed by atoms with van der Waals surface area (Å²) in [7, 11) is 1.34. The second-order valence-corrected chi connectivity index (χ2v) is 5.49. The van der Waals surface area contributed by atoms with Crippen LogP contribution in [0.5, 0.6) is 0 Å². The summed E-state index contributed by atoms with van der Waals surface area (Å²) < 4.78 is 10.2. The fourth-order valence-corrected chi connectivity index (χ4v) is 2.80. The van der Waals surface area contributed by atoms with Crippen molar-refractivity contribution in [1.29, 1.82) is 0 Å². The van der Waals surface area contributed by atoms with Crippen molar-refractivity contribution >= 4 is 23.4 Å². The maximum absolute atomic E-state index is 11.5. The number of thioether (sulfide) groups is 1. The molecule has 2 aromatic rings. The van der Waals surface area contributed by atoms with E-state index in [4.69, 9.17) is 10.2 Å². The first-order valence-electron chi connectivity index (χ1n) is 6.18. The highest BCUT2D eigenvalue weighted by molar-refractivity contribution is 7.98. The van der Waals surface area contributed by atoms with Crippen LogP contribution in [-0.2, 0) is 10.5 Å². The van der Waals surface area contributed by atoms with Gasteiger partial charge in [-0.05, 0) is 37.6 Å². The lowest BCUT2D eigenvalue weighted by Gasteiger charge is -2.06. The van der Waals surface area contributed by atoms with Gasteiger partial charge in [0.25, 0.3) is 0 Å². The zero-order chi connectivity index (χ0) is 14.7. The lowest BCUT2D eigenvalue weighted by atomic mass is 10.2. The standard InChI is InChI=1S/C15H17NO3S/c1-9-7-11(19-14(9)15(17)18-3)8-20-13-6-4-5-12(16)10(13)2/h4-7H,8,16H2,1-3H3. The second kappa shape index (κ2) is 6.05. The first-order valence-corrected chi connectivity index (χ1v) is 7.17. The van der Waals surface area contributed by atoms with E-state index in [9.17, 15) is 4.79 Å². The SMILES string of the molecule is COC(=O)c1oc(CSc2cccc(N)c2C)cc1C. The predicted octanol–water partition coefficient (Wildman–Crippen LogP) is 3.56. The van der Waals surface area contributed by atoms with E-state index in [-0.39, 0.29) is 5.76 Å². The number of hydrogen-bond donors (Lipinski definition) is 1. The number of hydrogen-bond acceptors (Lipinski definition) is 5. The van der Waals surface area contributed by atoms with Crippen molar-refractivity contribution in [3.63, 3.8) is 0 Å². The summed E-state index contributed by atoms with van der Waals surface area (Å²) in [6.07, 6.45) is 0. The number of nitrogen functional groups attached to an aromatic ring is 1. The van der Waals surface area contributed by atoms with Crippen molar-refractivity contribution < 1.29 is 13.9 Å². The normalized spacial score (nSPS) is 10.6. The van der Waals surface area contributed by atoms with E-state index < -0.39 is 5.97 Å². The molecule has 0 amide bonds. The Morgan fingerprint density at radius 3 is 2.85 bits per heavy atom. The van der Waals surface area contributed by atoms with Crippen molar-refractivity contribution in [3.8, 4) is 0 Å². The predicted molar refractivity (Wildman–Crippen MR) is 79.9 cm³/mol. The summed E-state index contributed by atoms with van der Waals surface area (Å²) >= 11 is 1.63. The van der Waals surface area contributed by atoms with E-state index in [1.165, 1.54) is 7.11 Å². The van der Waals surface area contributed by atoms with Gasteiger partial charge in [0.2, 0.25) is 5.76 Å². The average molecular weight is 291 g/mol. The molecular formula is C15H17NO3S. The second-order valence-electron chi connectivity index (χ2n) is 4.48. The fraction of sp³-hybridized carbons (Fsp3) is 0.267. The zero-order valence-electron chi connectivity index (χ0n) is 11.7.